The third-order valence-corrected chi connectivity index (χ3v) is 5.08. The van der Waals surface area contributed by atoms with Crippen LogP contribution in [0, 0.1) is 5.92 Å². The van der Waals surface area contributed by atoms with Gasteiger partial charge in [-0.15, -0.1) is 24.8 Å². The van der Waals surface area contributed by atoms with Gasteiger partial charge in [-0.3, -0.25) is 4.79 Å². The van der Waals surface area contributed by atoms with Crippen molar-refractivity contribution in [2.75, 3.05) is 37.6 Å². The Labute approximate surface area is 166 Å². The van der Waals surface area contributed by atoms with E-state index < -0.39 is 0 Å². The highest BCUT2D eigenvalue weighted by Gasteiger charge is 2.31. The molecule has 2 aliphatic heterocycles. The molecular formula is C18H26Cl2N4O2. The summed E-state index contributed by atoms with van der Waals surface area (Å²) in [7, 11) is 0. The Morgan fingerprint density at radius 3 is 2.62 bits per heavy atom. The first-order valence-electron chi connectivity index (χ1n) is 8.83. The summed E-state index contributed by atoms with van der Waals surface area (Å²) in [5, 5.41) is 3.39. The molecule has 0 aliphatic carbocycles. The lowest BCUT2D eigenvalue weighted by Gasteiger charge is -2.37. The van der Waals surface area contributed by atoms with Crippen molar-refractivity contribution in [2.45, 2.75) is 25.8 Å². The van der Waals surface area contributed by atoms with E-state index in [4.69, 9.17) is 4.42 Å². The Balaban J connectivity index is 0.00000121. The summed E-state index contributed by atoms with van der Waals surface area (Å²) in [6, 6.07) is 8.89. The Hall–Kier alpha value is -1.50. The number of carbonyl (C=O) groups is 1. The van der Waals surface area contributed by atoms with E-state index in [1.54, 1.807) is 0 Å². The molecule has 1 aromatic carbocycles. The predicted octanol–water partition coefficient (Wildman–Crippen LogP) is 2.71. The van der Waals surface area contributed by atoms with E-state index in [0.717, 1.165) is 56.7 Å². The summed E-state index contributed by atoms with van der Waals surface area (Å²) in [6.07, 6.45) is 1.74. The van der Waals surface area contributed by atoms with Crippen LogP contribution in [0.5, 0.6) is 0 Å². The van der Waals surface area contributed by atoms with Crippen molar-refractivity contribution in [3.63, 3.8) is 0 Å². The third-order valence-electron chi connectivity index (χ3n) is 5.08. The van der Waals surface area contributed by atoms with E-state index >= 15 is 0 Å². The van der Waals surface area contributed by atoms with Crippen LogP contribution in [-0.2, 0) is 4.79 Å². The first-order chi connectivity index (χ1) is 11.7. The Kier molecular flexibility index (Phi) is 7.15. The van der Waals surface area contributed by atoms with Crippen molar-refractivity contribution in [2.24, 2.45) is 5.92 Å². The van der Waals surface area contributed by atoms with E-state index in [9.17, 15) is 4.79 Å². The van der Waals surface area contributed by atoms with Gasteiger partial charge in [0.2, 0.25) is 5.91 Å². The molecule has 8 heteroatoms. The van der Waals surface area contributed by atoms with E-state index in [1.807, 2.05) is 29.2 Å². The second kappa shape index (κ2) is 8.93. The van der Waals surface area contributed by atoms with Gasteiger partial charge in [-0.25, -0.2) is 0 Å². The maximum Gasteiger partial charge on any atom is 0.298 e. The van der Waals surface area contributed by atoms with Crippen molar-refractivity contribution in [3.8, 4) is 0 Å². The van der Waals surface area contributed by atoms with E-state index in [-0.39, 0.29) is 30.7 Å². The number of anilines is 1. The fraction of sp³-hybridized carbons (Fsp3) is 0.556. The number of rotatable bonds is 2. The Morgan fingerprint density at radius 1 is 1.19 bits per heavy atom. The molecule has 0 spiro atoms. The van der Waals surface area contributed by atoms with Gasteiger partial charge in [-0.1, -0.05) is 12.1 Å². The molecule has 3 heterocycles. The number of amides is 1. The second-order valence-electron chi connectivity index (χ2n) is 6.86. The number of para-hydroxylation sites is 2. The number of nitrogens with zero attached hydrogens (tertiary/aromatic N) is 3. The second-order valence-corrected chi connectivity index (χ2v) is 6.86. The van der Waals surface area contributed by atoms with Gasteiger partial charge in [0.15, 0.2) is 5.58 Å². The fourth-order valence-electron chi connectivity index (χ4n) is 3.70. The third kappa shape index (κ3) is 4.24. The molecule has 1 N–H and O–H groups in total. The number of aromatic nitrogens is 1. The van der Waals surface area contributed by atoms with Gasteiger partial charge in [0.05, 0.1) is 0 Å². The zero-order chi connectivity index (χ0) is 16.5. The molecule has 6 nitrogen and oxygen atoms in total. The van der Waals surface area contributed by atoms with Gasteiger partial charge in [-0.2, -0.15) is 4.98 Å². The molecule has 0 radical (unpaired) electrons. The van der Waals surface area contributed by atoms with E-state index in [1.165, 1.54) is 0 Å². The summed E-state index contributed by atoms with van der Waals surface area (Å²) in [5.41, 5.74) is 1.71. The monoisotopic (exact) mass is 400 g/mol. The molecule has 2 aliphatic rings. The lowest BCUT2D eigenvalue weighted by molar-refractivity contribution is -0.137. The van der Waals surface area contributed by atoms with Crippen molar-refractivity contribution < 1.29 is 9.21 Å². The molecule has 1 atom stereocenters. The highest BCUT2D eigenvalue weighted by Crippen LogP contribution is 2.27. The highest BCUT2D eigenvalue weighted by atomic mass is 35.5. The summed E-state index contributed by atoms with van der Waals surface area (Å²) in [5.74, 6) is 0.455. The average molecular weight is 401 g/mol. The van der Waals surface area contributed by atoms with Crippen LogP contribution in [0.4, 0.5) is 6.01 Å². The SMILES string of the molecule is CC1CN(C(=O)C2CCN(c3nc4ccccc4o3)CC2)CCN1.Cl.Cl. The molecule has 2 saturated heterocycles. The lowest BCUT2D eigenvalue weighted by Crippen LogP contribution is -2.53. The maximum absolute atomic E-state index is 12.7. The van der Waals surface area contributed by atoms with Crippen LogP contribution in [-0.4, -0.2) is 54.6 Å². The van der Waals surface area contributed by atoms with Gasteiger partial charge < -0.3 is 19.5 Å². The lowest BCUT2D eigenvalue weighted by atomic mass is 9.95. The van der Waals surface area contributed by atoms with Gasteiger partial charge in [0.25, 0.3) is 6.01 Å². The molecule has 4 rings (SSSR count). The smallest absolute Gasteiger partial charge is 0.298 e. The number of hydrogen-bond donors (Lipinski definition) is 1. The number of hydrogen-bond acceptors (Lipinski definition) is 5. The van der Waals surface area contributed by atoms with Gasteiger partial charge >= 0.3 is 0 Å². The highest BCUT2D eigenvalue weighted by molar-refractivity contribution is 5.85. The molecule has 0 saturated carbocycles. The van der Waals surface area contributed by atoms with Crippen LogP contribution in [0.3, 0.4) is 0 Å². The number of nitrogens with one attached hydrogen (secondary N) is 1. The van der Waals surface area contributed by atoms with E-state index in [0.29, 0.717) is 18.0 Å². The van der Waals surface area contributed by atoms with E-state index in [2.05, 4.69) is 22.1 Å². The van der Waals surface area contributed by atoms with Crippen LogP contribution in [0.15, 0.2) is 28.7 Å². The standard InChI is InChI=1S/C18H24N4O2.2ClH/c1-13-12-22(11-8-19-13)17(23)14-6-9-21(10-7-14)18-20-15-4-2-3-5-16(15)24-18;;/h2-5,13-14,19H,6-12H2,1H3;2*1H. The number of halogens is 2. The number of fused-ring (bicyclic) bond motifs is 1. The number of oxazole rings is 1. The predicted molar refractivity (Wildman–Crippen MR) is 107 cm³/mol. The summed E-state index contributed by atoms with van der Waals surface area (Å²) >= 11 is 0. The molecule has 0 bridgehead atoms. The number of carbonyl (C=O) groups excluding carboxylic acids is 1. The van der Waals surface area contributed by atoms with Gasteiger partial charge in [-0.05, 0) is 31.9 Å². The molecular weight excluding hydrogens is 375 g/mol. The summed E-state index contributed by atoms with van der Waals surface area (Å²) in [4.78, 5) is 21.5. The zero-order valence-electron chi connectivity index (χ0n) is 14.9. The quantitative estimate of drug-likeness (QED) is 0.839. The minimum absolute atomic E-state index is 0. The van der Waals surface area contributed by atoms with Crippen molar-refractivity contribution >= 4 is 47.8 Å². The van der Waals surface area contributed by atoms with Gasteiger partial charge in [0, 0.05) is 44.7 Å². The van der Waals surface area contributed by atoms with Crippen molar-refractivity contribution in [1.82, 2.24) is 15.2 Å². The topological polar surface area (TPSA) is 61.6 Å². The molecule has 1 amide bonds. The average Bonchev–Trinajstić information content (AvgIpc) is 3.05. The van der Waals surface area contributed by atoms with Crippen molar-refractivity contribution in [1.29, 1.82) is 0 Å². The number of benzene rings is 1. The van der Waals surface area contributed by atoms with Crippen LogP contribution in [0.2, 0.25) is 0 Å². The molecule has 26 heavy (non-hydrogen) atoms. The van der Waals surface area contributed by atoms with Crippen LogP contribution in [0.1, 0.15) is 19.8 Å². The van der Waals surface area contributed by atoms with Crippen LogP contribution < -0.4 is 10.2 Å². The minimum atomic E-state index is 0. The molecule has 144 valence electrons. The van der Waals surface area contributed by atoms with Crippen LogP contribution in [0.25, 0.3) is 11.1 Å². The fourth-order valence-corrected chi connectivity index (χ4v) is 3.70. The van der Waals surface area contributed by atoms with Crippen molar-refractivity contribution in [3.05, 3.63) is 24.3 Å². The molecule has 1 aromatic heterocycles. The minimum Gasteiger partial charge on any atom is -0.423 e. The summed E-state index contributed by atoms with van der Waals surface area (Å²) in [6.45, 7) is 6.33. The first-order valence-corrected chi connectivity index (χ1v) is 8.83. The Bertz CT molecular complexity index is 698. The maximum atomic E-state index is 12.7. The van der Waals surface area contributed by atoms with Crippen LogP contribution >= 0.6 is 24.8 Å². The Morgan fingerprint density at radius 2 is 1.92 bits per heavy atom. The normalized spacial score (nSPS) is 21.2. The molecule has 1 unspecified atom stereocenters. The zero-order valence-corrected chi connectivity index (χ0v) is 16.5. The molecule has 2 fully saturated rings. The summed E-state index contributed by atoms with van der Waals surface area (Å²) < 4.78 is 5.84. The number of piperazine rings is 1. The number of piperidine rings is 1. The first kappa shape index (κ1) is 20.8. The largest absolute Gasteiger partial charge is 0.423 e. The van der Waals surface area contributed by atoms with Gasteiger partial charge in [0.1, 0.15) is 5.52 Å². The molecule has 2 aromatic rings.